The summed E-state index contributed by atoms with van der Waals surface area (Å²) >= 11 is 0. The monoisotopic (exact) mass is 511 g/mol. The molecule has 0 aliphatic rings. The Hall–Kier alpha value is -4.32. The molecule has 0 aliphatic carbocycles. The summed E-state index contributed by atoms with van der Waals surface area (Å²) in [5, 5.41) is 10.6. The lowest BCUT2D eigenvalue weighted by molar-refractivity contribution is -0.119. The molecule has 2 N–H and O–H groups in total. The number of benzene rings is 2. The van der Waals surface area contributed by atoms with E-state index in [1.807, 2.05) is 0 Å². The van der Waals surface area contributed by atoms with Crippen molar-refractivity contribution in [2.45, 2.75) is 31.7 Å². The normalized spacial score (nSPS) is 12.2. The number of nitrogens with one attached hydrogen (secondary N) is 2. The third-order valence-electron chi connectivity index (χ3n) is 5.53. The number of halogens is 1. The molecule has 0 saturated heterocycles. The van der Waals surface area contributed by atoms with Crippen LogP contribution in [0.2, 0.25) is 0 Å². The number of nitrogens with zero attached hydrogens (tertiary/aromatic N) is 3. The topological polar surface area (TPSA) is 136 Å². The van der Waals surface area contributed by atoms with Crippen LogP contribution in [0.25, 0.3) is 11.3 Å². The van der Waals surface area contributed by atoms with Crippen molar-refractivity contribution in [1.29, 1.82) is 0 Å². The van der Waals surface area contributed by atoms with Crippen molar-refractivity contribution >= 4 is 27.5 Å². The van der Waals surface area contributed by atoms with Gasteiger partial charge < -0.3 is 9.84 Å². The van der Waals surface area contributed by atoms with Crippen molar-refractivity contribution in [3.63, 3.8) is 0 Å². The van der Waals surface area contributed by atoms with Crippen LogP contribution < -0.4 is 15.6 Å². The maximum absolute atomic E-state index is 13.2. The first-order valence-electron chi connectivity index (χ1n) is 10.8. The summed E-state index contributed by atoms with van der Waals surface area (Å²) in [7, 11) is -3.94. The van der Waals surface area contributed by atoms with Gasteiger partial charge in [-0.2, -0.15) is 5.10 Å². The first-order chi connectivity index (χ1) is 17.0. The Morgan fingerprint density at radius 1 is 1.03 bits per heavy atom. The van der Waals surface area contributed by atoms with Gasteiger partial charge in [0.15, 0.2) is 0 Å². The van der Waals surface area contributed by atoms with Gasteiger partial charge in [0, 0.05) is 22.9 Å². The maximum Gasteiger partial charge on any atom is 0.267 e. The molecule has 0 aliphatic heterocycles. The Labute approximate surface area is 205 Å². The number of amides is 1. The highest BCUT2D eigenvalue weighted by molar-refractivity contribution is 7.92. The quantitative estimate of drug-likeness (QED) is 0.386. The smallest absolute Gasteiger partial charge is 0.267 e. The minimum absolute atomic E-state index is 0.0273. The summed E-state index contributed by atoms with van der Waals surface area (Å²) < 4.78 is 46.9. The van der Waals surface area contributed by atoms with E-state index >= 15 is 0 Å². The van der Waals surface area contributed by atoms with Gasteiger partial charge in [0.2, 0.25) is 11.8 Å². The molecule has 2 heterocycles. The second kappa shape index (κ2) is 9.74. The summed E-state index contributed by atoms with van der Waals surface area (Å²) in [5.74, 6) is -0.917. The van der Waals surface area contributed by atoms with Crippen molar-refractivity contribution in [1.82, 2.24) is 14.9 Å². The number of aryl methyl sites for hydroxylation is 1. The Balaban J connectivity index is 1.49. The molecule has 1 atom stereocenters. The summed E-state index contributed by atoms with van der Waals surface area (Å²) in [5.41, 5.74) is 1.95. The average Bonchev–Trinajstić information content (AvgIpc) is 3.16. The van der Waals surface area contributed by atoms with E-state index in [9.17, 15) is 22.4 Å². The van der Waals surface area contributed by atoms with Gasteiger partial charge in [0.25, 0.3) is 15.6 Å². The molecule has 1 unspecified atom stereocenters. The predicted molar refractivity (Wildman–Crippen MR) is 130 cm³/mol. The van der Waals surface area contributed by atoms with Crippen LogP contribution in [0.4, 0.5) is 16.0 Å². The highest BCUT2D eigenvalue weighted by Crippen LogP contribution is 2.23. The van der Waals surface area contributed by atoms with Gasteiger partial charge in [-0.15, -0.1) is 0 Å². The molecule has 0 saturated carbocycles. The van der Waals surface area contributed by atoms with Crippen molar-refractivity contribution in [2.75, 3.05) is 10.0 Å². The Morgan fingerprint density at radius 2 is 1.69 bits per heavy atom. The average molecular weight is 512 g/mol. The zero-order chi connectivity index (χ0) is 26.0. The van der Waals surface area contributed by atoms with Crippen LogP contribution in [0.1, 0.15) is 24.2 Å². The van der Waals surface area contributed by atoms with Crippen LogP contribution in [0, 0.1) is 19.7 Å². The highest BCUT2D eigenvalue weighted by atomic mass is 32.2. The number of hydrogen-bond donors (Lipinski definition) is 2. The van der Waals surface area contributed by atoms with E-state index < -0.39 is 33.3 Å². The van der Waals surface area contributed by atoms with E-state index in [2.05, 4.69) is 20.3 Å². The van der Waals surface area contributed by atoms with E-state index in [0.717, 1.165) is 4.68 Å². The number of aromatic nitrogens is 3. The zero-order valence-corrected chi connectivity index (χ0v) is 20.3. The van der Waals surface area contributed by atoms with Crippen LogP contribution in [0.15, 0.2) is 74.9 Å². The van der Waals surface area contributed by atoms with Gasteiger partial charge in [-0.25, -0.2) is 22.2 Å². The van der Waals surface area contributed by atoms with Gasteiger partial charge >= 0.3 is 0 Å². The lowest BCUT2D eigenvalue weighted by atomic mass is 10.1. The minimum Gasteiger partial charge on any atom is -0.337 e. The van der Waals surface area contributed by atoms with Crippen molar-refractivity contribution in [2.24, 2.45) is 0 Å². The zero-order valence-electron chi connectivity index (χ0n) is 19.5. The number of anilines is 2. The fourth-order valence-corrected chi connectivity index (χ4v) is 4.29. The van der Waals surface area contributed by atoms with E-state index in [1.165, 1.54) is 67.6 Å². The number of carbonyl (C=O) groups is 1. The predicted octanol–water partition coefficient (Wildman–Crippen LogP) is 3.65. The fourth-order valence-electron chi connectivity index (χ4n) is 3.24. The molecule has 0 fully saturated rings. The molecule has 0 radical (unpaired) electrons. The molecule has 186 valence electrons. The Bertz CT molecular complexity index is 1580. The molecule has 2 aromatic carbocycles. The third-order valence-corrected chi connectivity index (χ3v) is 6.87. The van der Waals surface area contributed by atoms with Gasteiger partial charge in [0.05, 0.1) is 16.3 Å². The van der Waals surface area contributed by atoms with E-state index in [1.54, 1.807) is 13.8 Å². The van der Waals surface area contributed by atoms with E-state index in [0.29, 0.717) is 28.2 Å². The Morgan fingerprint density at radius 3 is 2.31 bits per heavy atom. The van der Waals surface area contributed by atoms with Gasteiger partial charge in [-0.05, 0) is 75.4 Å². The lowest BCUT2D eigenvalue weighted by Gasteiger charge is -2.15. The second-order valence-electron chi connectivity index (χ2n) is 8.03. The van der Waals surface area contributed by atoms with Gasteiger partial charge in [-0.3, -0.25) is 9.59 Å². The molecular formula is C24H22FN5O5S. The fraction of sp³-hybridized carbons (Fsp3) is 0.167. The first-order valence-corrected chi connectivity index (χ1v) is 12.3. The van der Waals surface area contributed by atoms with Crippen LogP contribution >= 0.6 is 0 Å². The summed E-state index contributed by atoms with van der Waals surface area (Å²) in [6.45, 7) is 4.87. The molecule has 0 spiro atoms. The summed E-state index contributed by atoms with van der Waals surface area (Å²) in [6, 6.07) is 12.9. The third kappa shape index (κ3) is 5.18. The molecule has 12 heteroatoms. The number of carbonyl (C=O) groups excluding carboxylic acids is 1. The summed E-state index contributed by atoms with van der Waals surface area (Å²) in [4.78, 5) is 25.1. The van der Waals surface area contributed by atoms with Crippen molar-refractivity contribution in [3.8, 4) is 11.3 Å². The van der Waals surface area contributed by atoms with Gasteiger partial charge in [-0.1, -0.05) is 5.16 Å². The maximum atomic E-state index is 13.2. The second-order valence-corrected chi connectivity index (χ2v) is 9.71. The Kier molecular flexibility index (Phi) is 6.71. The van der Waals surface area contributed by atoms with Crippen LogP contribution in [0.5, 0.6) is 0 Å². The number of hydrogen-bond acceptors (Lipinski definition) is 7. The number of sulfonamides is 1. The van der Waals surface area contributed by atoms with E-state index in [-0.39, 0.29) is 10.8 Å². The largest absolute Gasteiger partial charge is 0.337 e. The lowest BCUT2D eigenvalue weighted by Crippen LogP contribution is -2.33. The van der Waals surface area contributed by atoms with Crippen LogP contribution in [-0.4, -0.2) is 29.3 Å². The standard InChI is InChI=1S/C24H22FN5O5S/c1-14-15(2)28-35-24(14)29-36(33,34)20-10-8-19(9-11-20)26-23(32)16(3)30-22(31)13-12-21(27-30)17-4-6-18(25)7-5-17/h4-13,16,29H,1-3H3,(H,26,32). The molecule has 2 aromatic heterocycles. The number of rotatable bonds is 7. The van der Waals surface area contributed by atoms with Crippen molar-refractivity contribution < 1.29 is 22.1 Å². The molecule has 1 amide bonds. The molecule has 4 aromatic rings. The molecule has 4 rings (SSSR count). The molecule has 36 heavy (non-hydrogen) atoms. The molecular weight excluding hydrogens is 489 g/mol. The van der Waals surface area contributed by atoms with Crippen LogP contribution in [-0.2, 0) is 14.8 Å². The van der Waals surface area contributed by atoms with Gasteiger partial charge in [0.1, 0.15) is 11.9 Å². The molecule has 0 bridgehead atoms. The van der Waals surface area contributed by atoms with Crippen LogP contribution in [0.3, 0.4) is 0 Å². The molecule has 10 nitrogen and oxygen atoms in total. The summed E-state index contributed by atoms with van der Waals surface area (Å²) in [6.07, 6.45) is 0. The van der Waals surface area contributed by atoms with E-state index in [4.69, 9.17) is 4.52 Å². The first kappa shape index (κ1) is 24.8. The minimum atomic E-state index is -3.94. The highest BCUT2D eigenvalue weighted by Gasteiger charge is 2.21. The SMILES string of the molecule is Cc1noc(NS(=O)(=O)c2ccc(NC(=O)C(C)n3nc(-c4ccc(F)cc4)ccc3=O)cc2)c1C. The van der Waals surface area contributed by atoms with Crippen molar-refractivity contribution in [3.05, 3.63) is 88.1 Å².